The fourth-order valence-electron chi connectivity index (χ4n) is 2.62. The number of hydrogen-bond donors (Lipinski definition) is 1. The molecule has 1 aromatic heterocycles. The van der Waals surface area contributed by atoms with Gasteiger partial charge in [0.05, 0.1) is 18.8 Å². The Hall–Kier alpha value is -1.94. The van der Waals surface area contributed by atoms with E-state index in [1.807, 2.05) is 36.5 Å². The highest BCUT2D eigenvalue weighted by Crippen LogP contribution is 2.29. The van der Waals surface area contributed by atoms with Crippen LogP contribution in [0.2, 0.25) is 0 Å². The van der Waals surface area contributed by atoms with Crippen molar-refractivity contribution in [2.75, 3.05) is 13.7 Å². The van der Waals surface area contributed by atoms with Gasteiger partial charge in [-0.25, -0.2) is 9.97 Å². The molecule has 3 rings (SSSR count). The first-order chi connectivity index (χ1) is 9.88. The van der Waals surface area contributed by atoms with E-state index >= 15 is 0 Å². The number of hydrogen-bond acceptors (Lipinski definition) is 4. The minimum atomic E-state index is 0.276. The summed E-state index contributed by atoms with van der Waals surface area (Å²) in [5, 5.41) is 3.49. The Kier molecular flexibility index (Phi) is 3.92. The van der Waals surface area contributed by atoms with Crippen LogP contribution in [0.4, 0.5) is 0 Å². The van der Waals surface area contributed by atoms with Crippen LogP contribution >= 0.6 is 0 Å². The molecule has 0 aliphatic carbocycles. The predicted molar refractivity (Wildman–Crippen MR) is 78.6 cm³/mol. The van der Waals surface area contributed by atoms with Crippen molar-refractivity contribution >= 4 is 0 Å². The van der Waals surface area contributed by atoms with Gasteiger partial charge in [-0.15, -0.1) is 0 Å². The number of piperidine rings is 1. The molecule has 1 aliphatic heterocycles. The summed E-state index contributed by atoms with van der Waals surface area (Å²) < 4.78 is 5.41. The molecule has 4 heteroatoms. The lowest BCUT2D eigenvalue weighted by molar-refractivity contribution is 0.397. The van der Waals surface area contributed by atoms with Gasteiger partial charge in [-0.05, 0) is 37.6 Å². The van der Waals surface area contributed by atoms with Gasteiger partial charge in [-0.2, -0.15) is 0 Å². The third-order valence-electron chi connectivity index (χ3n) is 3.68. The van der Waals surface area contributed by atoms with Crippen LogP contribution in [0.3, 0.4) is 0 Å². The van der Waals surface area contributed by atoms with E-state index in [1.54, 1.807) is 7.11 Å². The molecule has 0 saturated carbocycles. The van der Waals surface area contributed by atoms with Crippen LogP contribution in [0.5, 0.6) is 5.75 Å². The van der Waals surface area contributed by atoms with Gasteiger partial charge in [-0.1, -0.05) is 18.6 Å². The van der Waals surface area contributed by atoms with Crippen molar-refractivity contribution in [3.63, 3.8) is 0 Å². The van der Waals surface area contributed by atoms with Gasteiger partial charge >= 0.3 is 0 Å². The molecule has 0 spiro atoms. The van der Waals surface area contributed by atoms with E-state index in [4.69, 9.17) is 9.72 Å². The fourth-order valence-corrected chi connectivity index (χ4v) is 2.62. The average molecular weight is 269 g/mol. The van der Waals surface area contributed by atoms with Crippen molar-refractivity contribution in [3.8, 4) is 17.0 Å². The lowest BCUT2D eigenvalue weighted by Gasteiger charge is -2.22. The Balaban J connectivity index is 1.94. The quantitative estimate of drug-likeness (QED) is 0.930. The van der Waals surface area contributed by atoms with E-state index in [0.29, 0.717) is 0 Å². The number of nitrogens with zero attached hydrogens (tertiary/aromatic N) is 2. The molecule has 1 aromatic carbocycles. The molecule has 0 amide bonds. The second-order valence-electron chi connectivity index (χ2n) is 5.00. The van der Waals surface area contributed by atoms with Crippen molar-refractivity contribution in [1.29, 1.82) is 0 Å². The van der Waals surface area contributed by atoms with Crippen LogP contribution in [0, 0.1) is 0 Å². The third-order valence-corrected chi connectivity index (χ3v) is 3.68. The molecule has 1 atom stereocenters. The zero-order chi connectivity index (χ0) is 13.8. The maximum atomic E-state index is 5.41. The van der Waals surface area contributed by atoms with Gasteiger partial charge in [0.2, 0.25) is 0 Å². The van der Waals surface area contributed by atoms with E-state index in [9.17, 15) is 0 Å². The van der Waals surface area contributed by atoms with Crippen molar-refractivity contribution in [3.05, 3.63) is 42.4 Å². The first-order valence-electron chi connectivity index (χ1n) is 7.08. The zero-order valence-corrected chi connectivity index (χ0v) is 11.7. The zero-order valence-electron chi connectivity index (χ0n) is 11.7. The maximum Gasteiger partial charge on any atom is 0.145 e. The molecule has 1 N–H and O–H groups in total. The van der Waals surface area contributed by atoms with Gasteiger partial charge in [0.1, 0.15) is 11.6 Å². The van der Waals surface area contributed by atoms with Crippen molar-refractivity contribution in [1.82, 2.24) is 15.3 Å². The van der Waals surface area contributed by atoms with Crippen molar-refractivity contribution < 1.29 is 4.74 Å². The van der Waals surface area contributed by atoms with Gasteiger partial charge in [0.25, 0.3) is 0 Å². The highest BCUT2D eigenvalue weighted by Gasteiger charge is 2.18. The van der Waals surface area contributed by atoms with E-state index in [2.05, 4.69) is 10.3 Å². The van der Waals surface area contributed by atoms with E-state index < -0.39 is 0 Å². The van der Waals surface area contributed by atoms with Crippen molar-refractivity contribution in [2.24, 2.45) is 0 Å². The highest BCUT2D eigenvalue weighted by atomic mass is 16.5. The van der Waals surface area contributed by atoms with Gasteiger partial charge < -0.3 is 10.1 Å². The van der Waals surface area contributed by atoms with Gasteiger partial charge in [0, 0.05) is 11.8 Å². The Morgan fingerprint density at radius 1 is 1.20 bits per heavy atom. The highest BCUT2D eigenvalue weighted by molar-refractivity contribution is 5.66. The molecule has 1 fully saturated rings. The van der Waals surface area contributed by atoms with Crippen LogP contribution in [0.15, 0.2) is 36.5 Å². The van der Waals surface area contributed by atoms with Gasteiger partial charge in [0.15, 0.2) is 0 Å². The van der Waals surface area contributed by atoms with Crippen LogP contribution in [-0.2, 0) is 0 Å². The predicted octanol–water partition coefficient (Wildman–Crippen LogP) is 2.97. The average Bonchev–Trinajstić information content (AvgIpc) is 2.56. The van der Waals surface area contributed by atoms with Crippen LogP contribution < -0.4 is 10.1 Å². The number of ether oxygens (including phenoxy) is 1. The molecule has 2 aromatic rings. The monoisotopic (exact) mass is 269 g/mol. The van der Waals surface area contributed by atoms with Crippen LogP contribution in [-0.4, -0.2) is 23.6 Å². The lowest BCUT2D eigenvalue weighted by Crippen LogP contribution is -2.28. The molecule has 20 heavy (non-hydrogen) atoms. The number of nitrogens with one attached hydrogen (secondary N) is 1. The Morgan fingerprint density at radius 3 is 2.90 bits per heavy atom. The van der Waals surface area contributed by atoms with E-state index in [0.717, 1.165) is 35.8 Å². The summed E-state index contributed by atoms with van der Waals surface area (Å²) in [5.41, 5.74) is 1.93. The summed E-state index contributed by atoms with van der Waals surface area (Å²) in [6.45, 7) is 1.05. The minimum Gasteiger partial charge on any atom is -0.496 e. The molecule has 4 nitrogen and oxygen atoms in total. The fraction of sp³-hybridized carbons (Fsp3) is 0.375. The lowest BCUT2D eigenvalue weighted by atomic mass is 10.0. The molecule has 0 radical (unpaired) electrons. The molecule has 2 heterocycles. The number of methoxy groups -OCH3 is 1. The molecule has 1 unspecified atom stereocenters. The molecular weight excluding hydrogens is 250 g/mol. The summed E-state index contributed by atoms with van der Waals surface area (Å²) in [6.07, 6.45) is 5.42. The normalized spacial score (nSPS) is 18.8. The van der Waals surface area contributed by atoms with Crippen LogP contribution in [0.1, 0.15) is 31.1 Å². The molecule has 0 bridgehead atoms. The first-order valence-corrected chi connectivity index (χ1v) is 7.08. The summed E-state index contributed by atoms with van der Waals surface area (Å²) in [5.74, 6) is 1.72. The second kappa shape index (κ2) is 6.01. The molecule has 1 aliphatic rings. The topological polar surface area (TPSA) is 47.0 Å². The number of rotatable bonds is 3. The van der Waals surface area contributed by atoms with Crippen LogP contribution in [0.25, 0.3) is 11.3 Å². The minimum absolute atomic E-state index is 0.276. The largest absolute Gasteiger partial charge is 0.496 e. The summed E-state index contributed by atoms with van der Waals surface area (Å²) >= 11 is 0. The SMILES string of the molecule is COc1ccccc1-c1ccnc(C2CCCCN2)n1. The standard InChI is InChI=1S/C16H19N3O/c1-20-15-8-3-2-6-12(15)13-9-11-18-16(19-13)14-7-4-5-10-17-14/h2-3,6,8-9,11,14,17H,4-5,7,10H2,1H3. The molecule has 104 valence electrons. The number of benzene rings is 1. The first kappa shape index (κ1) is 13.1. The number of aromatic nitrogens is 2. The number of para-hydroxylation sites is 1. The van der Waals surface area contributed by atoms with E-state index in [1.165, 1.54) is 12.8 Å². The summed E-state index contributed by atoms with van der Waals surface area (Å²) in [4.78, 5) is 9.15. The second-order valence-corrected chi connectivity index (χ2v) is 5.00. The van der Waals surface area contributed by atoms with Gasteiger partial charge in [-0.3, -0.25) is 0 Å². The van der Waals surface area contributed by atoms with Crippen molar-refractivity contribution in [2.45, 2.75) is 25.3 Å². The Morgan fingerprint density at radius 2 is 2.10 bits per heavy atom. The Labute approximate surface area is 119 Å². The smallest absolute Gasteiger partial charge is 0.145 e. The molecule has 1 saturated heterocycles. The Bertz CT molecular complexity index is 579. The molecular formula is C16H19N3O. The summed E-state index contributed by atoms with van der Waals surface area (Å²) in [7, 11) is 1.68. The maximum absolute atomic E-state index is 5.41. The summed E-state index contributed by atoms with van der Waals surface area (Å²) in [6, 6.07) is 10.2. The third kappa shape index (κ3) is 2.65. The van der Waals surface area contributed by atoms with E-state index in [-0.39, 0.29) is 6.04 Å².